The van der Waals surface area contributed by atoms with Gasteiger partial charge in [-0.2, -0.15) is 5.10 Å². The van der Waals surface area contributed by atoms with Gasteiger partial charge in [-0.1, -0.05) is 12.1 Å². The molecule has 108 valence electrons. The lowest BCUT2D eigenvalue weighted by Crippen LogP contribution is -2.17. The van der Waals surface area contributed by atoms with Gasteiger partial charge in [-0.15, -0.1) is 0 Å². The number of aliphatic carboxylic acids is 1. The van der Waals surface area contributed by atoms with Crippen molar-refractivity contribution in [3.63, 3.8) is 0 Å². The number of nitrogens with zero attached hydrogens (tertiary/aromatic N) is 2. The van der Waals surface area contributed by atoms with E-state index in [-0.39, 0.29) is 5.91 Å². The molecular formula is C15H15N3O3. The lowest BCUT2D eigenvalue weighted by Gasteiger charge is -2.07. The number of carbonyl (C=O) groups excluding carboxylic acids is 1. The SMILES string of the molecule is O=C(O)[C@H]1C[C@H]1C(=O)Nc1cccc(Cn2cccn2)c1. The average molecular weight is 285 g/mol. The van der Waals surface area contributed by atoms with E-state index in [9.17, 15) is 9.59 Å². The number of amides is 1. The van der Waals surface area contributed by atoms with Gasteiger partial charge in [-0.25, -0.2) is 0 Å². The fourth-order valence-electron chi connectivity index (χ4n) is 2.32. The van der Waals surface area contributed by atoms with E-state index in [2.05, 4.69) is 10.4 Å². The molecule has 0 spiro atoms. The summed E-state index contributed by atoms with van der Waals surface area (Å²) >= 11 is 0. The van der Waals surface area contributed by atoms with Crippen LogP contribution in [-0.4, -0.2) is 26.8 Å². The van der Waals surface area contributed by atoms with Crippen LogP contribution in [0.1, 0.15) is 12.0 Å². The molecule has 6 nitrogen and oxygen atoms in total. The number of aromatic nitrogens is 2. The molecule has 0 bridgehead atoms. The van der Waals surface area contributed by atoms with Gasteiger partial charge in [0.05, 0.1) is 18.4 Å². The summed E-state index contributed by atoms with van der Waals surface area (Å²) in [7, 11) is 0. The number of hydrogen-bond donors (Lipinski definition) is 2. The maximum absolute atomic E-state index is 11.9. The maximum Gasteiger partial charge on any atom is 0.307 e. The third-order valence-corrected chi connectivity index (χ3v) is 3.54. The van der Waals surface area contributed by atoms with Crippen LogP contribution >= 0.6 is 0 Å². The molecule has 1 aliphatic rings. The van der Waals surface area contributed by atoms with Crippen LogP contribution in [0.25, 0.3) is 0 Å². The highest BCUT2D eigenvalue weighted by atomic mass is 16.4. The number of anilines is 1. The van der Waals surface area contributed by atoms with E-state index >= 15 is 0 Å². The fraction of sp³-hybridized carbons (Fsp3) is 0.267. The molecule has 1 heterocycles. The van der Waals surface area contributed by atoms with Crippen LogP contribution in [0.4, 0.5) is 5.69 Å². The molecule has 21 heavy (non-hydrogen) atoms. The number of carbonyl (C=O) groups is 2. The van der Waals surface area contributed by atoms with Crippen molar-refractivity contribution in [2.75, 3.05) is 5.32 Å². The quantitative estimate of drug-likeness (QED) is 0.873. The average Bonchev–Trinajstić information content (AvgIpc) is 3.11. The standard InChI is InChI=1S/C15H15N3O3/c19-14(12-8-13(12)15(20)21)17-11-4-1-3-10(7-11)9-18-6-2-5-16-18/h1-7,12-13H,8-9H2,(H,17,19)(H,20,21)/t12-,13+/m1/s1. The van der Waals surface area contributed by atoms with Crippen LogP contribution in [0.5, 0.6) is 0 Å². The first-order valence-electron chi connectivity index (χ1n) is 6.73. The summed E-state index contributed by atoms with van der Waals surface area (Å²) < 4.78 is 1.79. The van der Waals surface area contributed by atoms with Gasteiger partial charge in [-0.3, -0.25) is 14.3 Å². The predicted octanol–water partition coefficient (Wildman–Crippen LogP) is 1.59. The molecule has 0 radical (unpaired) electrons. The molecule has 1 aliphatic carbocycles. The van der Waals surface area contributed by atoms with Crippen LogP contribution in [-0.2, 0) is 16.1 Å². The molecule has 2 N–H and O–H groups in total. The second kappa shape index (κ2) is 5.40. The molecule has 0 unspecified atom stereocenters. The van der Waals surface area contributed by atoms with E-state index in [1.807, 2.05) is 30.5 Å². The molecule has 6 heteroatoms. The van der Waals surface area contributed by atoms with Gasteiger partial charge >= 0.3 is 5.97 Å². The Hall–Kier alpha value is -2.63. The van der Waals surface area contributed by atoms with Gasteiger partial charge in [-0.05, 0) is 30.2 Å². The monoisotopic (exact) mass is 285 g/mol. The first-order chi connectivity index (χ1) is 10.1. The second-order valence-electron chi connectivity index (χ2n) is 5.18. The zero-order chi connectivity index (χ0) is 14.8. The van der Waals surface area contributed by atoms with Crippen LogP contribution < -0.4 is 5.32 Å². The van der Waals surface area contributed by atoms with Gasteiger partial charge in [0.25, 0.3) is 0 Å². The molecule has 1 saturated carbocycles. The molecule has 2 atom stereocenters. The van der Waals surface area contributed by atoms with Crippen molar-refractivity contribution in [1.82, 2.24) is 9.78 Å². The van der Waals surface area contributed by atoms with Crippen LogP contribution in [0.2, 0.25) is 0 Å². The van der Waals surface area contributed by atoms with Gasteiger partial charge in [0.2, 0.25) is 5.91 Å². The minimum Gasteiger partial charge on any atom is -0.481 e. The number of benzene rings is 1. The second-order valence-corrected chi connectivity index (χ2v) is 5.18. The van der Waals surface area contributed by atoms with Crippen molar-refractivity contribution in [2.24, 2.45) is 11.8 Å². The van der Waals surface area contributed by atoms with Gasteiger partial charge in [0, 0.05) is 18.1 Å². The molecule has 0 aliphatic heterocycles. The topological polar surface area (TPSA) is 84.2 Å². The summed E-state index contributed by atoms with van der Waals surface area (Å²) in [5.41, 5.74) is 1.70. The van der Waals surface area contributed by atoms with E-state index in [0.717, 1.165) is 5.56 Å². The maximum atomic E-state index is 11.9. The van der Waals surface area contributed by atoms with Crippen LogP contribution in [0.15, 0.2) is 42.7 Å². The van der Waals surface area contributed by atoms with Crippen molar-refractivity contribution < 1.29 is 14.7 Å². The molecule has 1 aromatic heterocycles. The molecular weight excluding hydrogens is 270 g/mol. The van der Waals surface area contributed by atoms with Crippen LogP contribution in [0, 0.1) is 11.8 Å². The molecule has 2 aromatic rings. The molecule has 1 fully saturated rings. The summed E-state index contributed by atoms with van der Waals surface area (Å²) in [6.07, 6.45) is 4.01. The summed E-state index contributed by atoms with van der Waals surface area (Å²) in [5.74, 6) is -2.06. The Morgan fingerprint density at radius 3 is 2.86 bits per heavy atom. The van der Waals surface area contributed by atoms with E-state index < -0.39 is 17.8 Å². The lowest BCUT2D eigenvalue weighted by molar-refractivity contribution is -0.139. The van der Waals surface area contributed by atoms with Crippen LogP contribution in [0.3, 0.4) is 0 Å². The van der Waals surface area contributed by atoms with Gasteiger partial charge in [0.15, 0.2) is 0 Å². The molecule has 3 rings (SSSR count). The Balaban J connectivity index is 1.64. The zero-order valence-corrected chi connectivity index (χ0v) is 11.3. The minimum atomic E-state index is -0.900. The summed E-state index contributed by atoms with van der Waals surface area (Å²) in [5, 5.41) is 15.7. The Morgan fingerprint density at radius 1 is 1.33 bits per heavy atom. The van der Waals surface area contributed by atoms with Crippen molar-refractivity contribution in [1.29, 1.82) is 0 Å². The first-order valence-corrected chi connectivity index (χ1v) is 6.73. The lowest BCUT2D eigenvalue weighted by atomic mass is 10.2. The minimum absolute atomic E-state index is 0.223. The smallest absolute Gasteiger partial charge is 0.307 e. The van der Waals surface area contributed by atoms with E-state index in [1.165, 1.54) is 0 Å². The molecule has 1 amide bonds. The van der Waals surface area contributed by atoms with E-state index in [1.54, 1.807) is 16.9 Å². The number of carboxylic acid groups (broad SMARTS) is 1. The van der Waals surface area contributed by atoms with E-state index in [4.69, 9.17) is 5.11 Å². The summed E-state index contributed by atoms with van der Waals surface area (Å²) in [6, 6.07) is 9.33. The van der Waals surface area contributed by atoms with Gasteiger partial charge < -0.3 is 10.4 Å². The Bertz CT molecular complexity index is 667. The fourth-order valence-corrected chi connectivity index (χ4v) is 2.32. The molecule has 0 saturated heterocycles. The number of carboxylic acids is 1. The highest BCUT2D eigenvalue weighted by Gasteiger charge is 2.48. The largest absolute Gasteiger partial charge is 0.481 e. The summed E-state index contributed by atoms with van der Waals surface area (Å²) in [4.78, 5) is 22.7. The zero-order valence-electron chi connectivity index (χ0n) is 11.3. The number of nitrogens with one attached hydrogen (secondary N) is 1. The summed E-state index contributed by atoms with van der Waals surface area (Å²) in [6.45, 7) is 0.623. The Morgan fingerprint density at radius 2 is 2.19 bits per heavy atom. The predicted molar refractivity (Wildman–Crippen MR) is 75.6 cm³/mol. The number of hydrogen-bond acceptors (Lipinski definition) is 3. The third-order valence-electron chi connectivity index (χ3n) is 3.54. The van der Waals surface area contributed by atoms with Gasteiger partial charge in [0.1, 0.15) is 0 Å². The van der Waals surface area contributed by atoms with Crippen molar-refractivity contribution in [3.05, 3.63) is 48.3 Å². The van der Waals surface area contributed by atoms with Crippen molar-refractivity contribution in [3.8, 4) is 0 Å². The first kappa shape index (κ1) is 13.4. The Labute approximate surface area is 121 Å². The third kappa shape index (κ3) is 3.10. The van der Waals surface area contributed by atoms with Crippen molar-refractivity contribution >= 4 is 17.6 Å². The Kier molecular flexibility index (Phi) is 3.43. The molecule has 1 aromatic carbocycles. The normalized spacial score (nSPS) is 20.0. The van der Waals surface area contributed by atoms with Crippen molar-refractivity contribution in [2.45, 2.75) is 13.0 Å². The highest BCUT2D eigenvalue weighted by Crippen LogP contribution is 2.39. The highest BCUT2D eigenvalue weighted by molar-refractivity contribution is 5.98. The van der Waals surface area contributed by atoms with E-state index in [0.29, 0.717) is 18.7 Å². The number of rotatable bonds is 5.